The summed E-state index contributed by atoms with van der Waals surface area (Å²) < 4.78 is 19.0. The number of aliphatic hydroxyl groups excluding tert-OH is 1. The summed E-state index contributed by atoms with van der Waals surface area (Å²) >= 11 is 1.54. The van der Waals surface area contributed by atoms with Crippen LogP contribution in [0.1, 0.15) is 94.7 Å². The van der Waals surface area contributed by atoms with Crippen LogP contribution in [0, 0.1) is 12.8 Å². The Kier molecular flexibility index (Phi) is 16.3. The molecule has 2 amide bonds. The average molecular weight is 1140 g/mol. The third kappa shape index (κ3) is 12.0. The van der Waals surface area contributed by atoms with Gasteiger partial charge in [-0.1, -0.05) is 37.2 Å². The van der Waals surface area contributed by atoms with E-state index in [2.05, 4.69) is 72.3 Å². The lowest BCUT2D eigenvalue weighted by atomic mass is 9.91. The molecule has 5 aliphatic heterocycles. The first kappa shape index (κ1) is 55.5. The van der Waals surface area contributed by atoms with Crippen LogP contribution in [-0.2, 0) is 14.3 Å². The minimum Gasteiger partial charge on any atom is -0.507 e. The molecule has 12 rings (SSSR count). The number of aryl methyl sites for hydroxylation is 1. The van der Waals surface area contributed by atoms with Crippen LogP contribution >= 0.6 is 11.3 Å². The van der Waals surface area contributed by atoms with Gasteiger partial charge in [0.1, 0.15) is 23.8 Å². The number of rotatable bonds is 18. The number of likely N-dealkylation sites (tertiary alicyclic amines) is 2. The predicted molar refractivity (Wildman–Crippen MR) is 313 cm³/mol. The molecule has 5 N–H and O–H groups in total. The van der Waals surface area contributed by atoms with Crippen molar-refractivity contribution in [3.8, 4) is 33.5 Å². The highest BCUT2D eigenvalue weighted by molar-refractivity contribution is 7.13. The van der Waals surface area contributed by atoms with Crippen molar-refractivity contribution >= 4 is 46.2 Å². The number of aromatic hydroxyl groups is 1. The first-order valence-electron chi connectivity index (χ1n) is 29.3. The van der Waals surface area contributed by atoms with Gasteiger partial charge in [-0.3, -0.25) is 19.5 Å². The van der Waals surface area contributed by atoms with E-state index in [-0.39, 0.29) is 60.8 Å². The van der Waals surface area contributed by atoms with Gasteiger partial charge in [0, 0.05) is 139 Å². The third-order valence-corrected chi connectivity index (χ3v) is 18.7. The maximum absolute atomic E-state index is 14.4. The summed E-state index contributed by atoms with van der Waals surface area (Å²) in [6, 6.07) is 18.5. The number of aliphatic hydroxyl groups is 1. The zero-order valence-corrected chi connectivity index (χ0v) is 48.1. The molecule has 21 nitrogen and oxygen atoms in total. The number of aromatic nitrogens is 6. The Labute approximate surface area is 482 Å². The molecule has 10 heterocycles. The predicted octanol–water partition coefficient (Wildman–Crippen LogP) is 6.29. The summed E-state index contributed by atoms with van der Waals surface area (Å²) in [6.45, 7) is 16.9. The van der Waals surface area contributed by atoms with Gasteiger partial charge in [0.2, 0.25) is 17.7 Å². The number of benzene rings is 1. The fourth-order valence-corrected chi connectivity index (χ4v) is 13.8. The van der Waals surface area contributed by atoms with Gasteiger partial charge >= 0.3 is 0 Å². The molecule has 1 unspecified atom stereocenters. The van der Waals surface area contributed by atoms with Gasteiger partial charge in [-0.25, -0.2) is 9.97 Å². The Balaban J connectivity index is 0.553. The number of carbonyl (C=O) groups is 2. The maximum atomic E-state index is 14.4. The van der Waals surface area contributed by atoms with Gasteiger partial charge < -0.3 is 59.8 Å². The molecule has 5 aromatic heterocycles. The fraction of sp³-hybridized carbons (Fsp3) is 0.533. The Hall–Kier alpha value is -6.98. The van der Waals surface area contributed by atoms with E-state index >= 15 is 0 Å². The van der Waals surface area contributed by atoms with Crippen molar-refractivity contribution in [2.75, 3.05) is 92.4 Å². The highest BCUT2D eigenvalue weighted by Gasteiger charge is 2.45. The van der Waals surface area contributed by atoms with Crippen LogP contribution in [0.5, 0.6) is 11.6 Å². The van der Waals surface area contributed by atoms with Crippen LogP contribution in [0.25, 0.3) is 21.8 Å². The number of nitrogens with two attached hydrogens (primary N) is 1. The number of para-hydroxylation sites is 1. The first-order chi connectivity index (χ1) is 39.8. The zero-order chi connectivity index (χ0) is 56.6. The lowest BCUT2D eigenvalue weighted by molar-refractivity contribution is -0.141. The van der Waals surface area contributed by atoms with E-state index in [0.717, 1.165) is 137 Å². The van der Waals surface area contributed by atoms with Crippen molar-refractivity contribution in [3.05, 3.63) is 95.6 Å². The second kappa shape index (κ2) is 24.1. The zero-order valence-electron chi connectivity index (χ0n) is 47.3. The molecule has 6 aromatic rings. The minimum absolute atomic E-state index is 0.0693. The second-order valence-electron chi connectivity index (χ2n) is 23.6. The van der Waals surface area contributed by atoms with Crippen LogP contribution in [0.15, 0.2) is 83.1 Å². The number of nitrogens with one attached hydrogen (secondary N) is 1. The third-order valence-electron chi connectivity index (χ3n) is 17.8. The van der Waals surface area contributed by atoms with Gasteiger partial charge in [-0.2, -0.15) is 0 Å². The number of phenolic OH excluding ortho intramolecular Hbond substituents is 1. The number of β-amino-alcohol motifs (C(OH)–C–C–N with tert-alkyl or cyclic N) is 1. The number of phenols is 1. The molecule has 6 aliphatic rings. The Morgan fingerprint density at radius 1 is 0.817 bits per heavy atom. The summed E-state index contributed by atoms with van der Waals surface area (Å²) in [5.41, 5.74) is 14.0. The molecule has 0 spiro atoms. The quantitative estimate of drug-likeness (QED) is 0.0739. The van der Waals surface area contributed by atoms with Gasteiger partial charge in [-0.15, -0.1) is 21.5 Å². The molecule has 434 valence electrons. The first-order valence-corrected chi connectivity index (χ1v) is 30.2. The fourth-order valence-electron chi connectivity index (χ4n) is 13.1. The molecule has 6 atom stereocenters. The number of nitrogens with zero attached hydrogens (tertiary/aromatic N) is 12. The molecule has 2 bridgehead atoms. The number of anilines is 4. The Morgan fingerprint density at radius 2 is 1.57 bits per heavy atom. The van der Waals surface area contributed by atoms with Crippen molar-refractivity contribution in [3.63, 3.8) is 0 Å². The van der Waals surface area contributed by atoms with Crippen molar-refractivity contribution < 1.29 is 33.8 Å². The summed E-state index contributed by atoms with van der Waals surface area (Å²) in [6.07, 6.45) is 9.46. The summed E-state index contributed by atoms with van der Waals surface area (Å²) in [5, 5.41) is 37.4. The summed E-state index contributed by atoms with van der Waals surface area (Å²) in [4.78, 5) is 56.4. The van der Waals surface area contributed by atoms with E-state index in [1.54, 1.807) is 23.8 Å². The molecule has 5 saturated heterocycles. The number of piperazine rings is 2. The number of hydrogen-bond donors (Lipinski definition) is 4. The normalized spacial score (nSPS) is 24.2. The van der Waals surface area contributed by atoms with E-state index in [0.29, 0.717) is 46.6 Å². The van der Waals surface area contributed by atoms with Crippen molar-refractivity contribution in [1.29, 1.82) is 0 Å². The van der Waals surface area contributed by atoms with Gasteiger partial charge in [0.05, 0.1) is 57.5 Å². The second-order valence-corrected chi connectivity index (χ2v) is 24.4. The number of fused-ring (bicyclic) bond motifs is 2. The van der Waals surface area contributed by atoms with Crippen molar-refractivity contribution in [2.45, 2.75) is 127 Å². The molecule has 1 aromatic carbocycles. The molecule has 1 aliphatic carbocycles. The number of amides is 2. The van der Waals surface area contributed by atoms with Crippen LogP contribution in [0.2, 0.25) is 0 Å². The van der Waals surface area contributed by atoms with E-state index in [9.17, 15) is 19.8 Å². The maximum Gasteiger partial charge on any atom is 0.243 e. The Bertz CT molecular complexity index is 3160. The average Bonchev–Trinajstić information content (AvgIpc) is 3.82. The highest BCUT2D eigenvalue weighted by atomic mass is 32.1. The van der Waals surface area contributed by atoms with Crippen LogP contribution < -0.4 is 30.5 Å². The number of pyridine rings is 2. The topological polar surface area (TPSA) is 241 Å². The largest absolute Gasteiger partial charge is 0.507 e. The van der Waals surface area contributed by atoms with E-state index in [1.807, 2.05) is 70.3 Å². The summed E-state index contributed by atoms with van der Waals surface area (Å²) in [7, 11) is 0. The van der Waals surface area contributed by atoms with E-state index in [1.165, 1.54) is 16.2 Å². The van der Waals surface area contributed by atoms with Crippen LogP contribution in [0.3, 0.4) is 0 Å². The number of carbonyl (C=O) groups excluding carboxylic acids is 2. The monoisotopic (exact) mass is 1140 g/mol. The summed E-state index contributed by atoms with van der Waals surface area (Å²) in [5.74, 6) is 1.01. The molecule has 0 radical (unpaired) electrons. The lowest BCUT2D eigenvalue weighted by Gasteiger charge is -2.43. The minimum atomic E-state index is -0.824. The van der Waals surface area contributed by atoms with Crippen molar-refractivity contribution in [2.24, 2.45) is 5.92 Å². The van der Waals surface area contributed by atoms with Gasteiger partial charge in [0.25, 0.3) is 0 Å². The van der Waals surface area contributed by atoms with Crippen LogP contribution in [-0.4, -0.2) is 182 Å². The molecule has 6 fully saturated rings. The van der Waals surface area contributed by atoms with Gasteiger partial charge in [-0.05, 0) is 81.3 Å². The molecular weight excluding hydrogens is 1060 g/mol. The number of ether oxygens (including phenoxy) is 2. The number of hydrogen-bond acceptors (Lipinski definition) is 20. The molecular formula is C60H76N14O7S. The standard InChI is InChI=1S/C60H76N14O7S/c1-36(2)56(60(78)73-34-43(75)26-51(73)59(77)65-37(3)39-9-12-48(63-31-39)57-38(4)64-35-82-57)53-30-54(68-81-53)71-23-21-70(22-24-71)20-19-69-17-14-44(15-18-69)79-45-27-46(28-45)80-55-25-40(13-16-62-55)74-41-10-11-42(74)33-72(32-41)50-29-49(66-67-58(50)61)47-7-5-6-8-52(47)76/h5-9,12-13,16,25,29-31,35-37,41-46,51,56,75-76H,10-11,14-15,17-24,26-28,32-34H2,1-4H3,(H2,61,67)(H,65,77)/t37-,41+,42?,43+,45?,46?,51-,56-/m0/s1. The molecule has 22 heteroatoms. The number of piperidine rings is 1. The van der Waals surface area contributed by atoms with Gasteiger partial charge in [0.15, 0.2) is 17.4 Å². The van der Waals surface area contributed by atoms with Crippen molar-refractivity contribution in [1.82, 2.24) is 50.3 Å². The van der Waals surface area contributed by atoms with Crippen LogP contribution in [0.4, 0.5) is 23.0 Å². The molecule has 1 saturated carbocycles. The highest BCUT2D eigenvalue weighted by Crippen LogP contribution is 2.41. The van der Waals surface area contributed by atoms with E-state index < -0.39 is 18.1 Å². The lowest BCUT2D eigenvalue weighted by Crippen LogP contribution is -2.54. The van der Waals surface area contributed by atoms with E-state index in [4.69, 9.17) is 19.7 Å². The number of thiazole rings is 1. The number of nitrogen functional groups attached to an aromatic ring is 1. The molecule has 82 heavy (non-hydrogen) atoms. The smallest absolute Gasteiger partial charge is 0.243 e. The Morgan fingerprint density at radius 3 is 2.28 bits per heavy atom. The SMILES string of the molecule is Cc1ncsc1-c1ccc([C@H](C)NC(=O)[C@@H]2C[C@@H](O)CN2C(=O)[C@H](c2cc(N3CCN(CCN4CCC(OC5CC(Oc6cc(N7C8CC[C@@H]7CN(c7cc(-c9ccccc9O)nnc7N)C8)ccn6)C5)CC4)CC3)no2)C(C)C)cn1.